The first-order chi connectivity index (χ1) is 20.8. The molecule has 0 aliphatic rings. The van der Waals surface area contributed by atoms with E-state index in [1.165, 1.54) is 128 Å². The lowest BCUT2D eigenvalue weighted by molar-refractivity contribution is 0.407. The molecule has 2 aromatic carbocycles. The zero-order valence-electron chi connectivity index (χ0n) is 27.0. The Morgan fingerprint density at radius 3 is 1.36 bits per heavy atom. The molecule has 0 aliphatic carbocycles. The van der Waals surface area contributed by atoms with Crippen molar-refractivity contribution < 1.29 is 9.47 Å². The number of unbranched alkanes of at least 4 members (excludes halogenated alkanes) is 12. The van der Waals surface area contributed by atoms with E-state index in [0.717, 1.165) is 36.8 Å². The third-order valence-electron chi connectivity index (χ3n) is 7.87. The molecule has 0 bridgehead atoms. The highest BCUT2D eigenvalue weighted by molar-refractivity contribution is 5.55. The summed E-state index contributed by atoms with van der Waals surface area (Å²) in [5, 5.41) is 14.3. The van der Waals surface area contributed by atoms with Gasteiger partial charge >= 0.3 is 0 Å². The Bertz CT molecular complexity index is 807. The van der Waals surface area contributed by atoms with Gasteiger partial charge < -0.3 is 30.7 Å². The van der Waals surface area contributed by atoms with Gasteiger partial charge in [-0.05, 0) is 89.4 Å². The van der Waals surface area contributed by atoms with Crippen molar-refractivity contribution in [1.82, 2.24) is 16.0 Å². The average Bonchev–Trinajstić information content (AvgIpc) is 3.03. The Hall–Kier alpha value is -2.28. The first-order valence-electron chi connectivity index (χ1n) is 17.0. The standard InChI is InChI=1S/C36H62N4O2/c1-41-35-24-14-12-22-33(35)32-39-30-20-11-10-19-29-38-27-17-7-4-3-6-16-26-37-28-18-8-5-9-21-31-40-34-23-13-15-25-36(34)42-2/h12-15,22-25,37-40H,3-11,16-21,26-32H2,1-2H3. The molecule has 42 heavy (non-hydrogen) atoms. The van der Waals surface area contributed by atoms with Crippen molar-refractivity contribution in [3.05, 3.63) is 54.1 Å². The van der Waals surface area contributed by atoms with E-state index >= 15 is 0 Å². The van der Waals surface area contributed by atoms with E-state index in [2.05, 4.69) is 39.5 Å². The van der Waals surface area contributed by atoms with Crippen molar-refractivity contribution in [3.8, 4) is 11.5 Å². The maximum absolute atomic E-state index is 5.41. The first-order valence-corrected chi connectivity index (χ1v) is 17.0. The minimum atomic E-state index is 0.884. The van der Waals surface area contributed by atoms with Crippen LogP contribution in [0.5, 0.6) is 11.5 Å². The van der Waals surface area contributed by atoms with Crippen molar-refractivity contribution in [1.29, 1.82) is 0 Å². The number of methoxy groups -OCH3 is 2. The van der Waals surface area contributed by atoms with E-state index in [4.69, 9.17) is 9.47 Å². The highest BCUT2D eigenvalue weighted by atomic mass is 16.5. The van der Waals surface area contributed by atoms with E-state index in [1.54, 1.807) is 14.2 Å². The van der Waals surface area contributed by atoms with Gasteiger partial charge in [-0.3, -0.25) is 0 Å². The van der Waals surface area contributed by atoms with Gasteiger partial charge in [0.1, 0.15) is 11.5 Å². The van der Waals surface area contributed by atoms with Crippen LogP contribution in [-0.2, 0) is 6.54 Å². The molecular weight excluding hydrogens is 520 g/mol. The van der Waals surface area contributed by atoms with Gasteiger partial charge in [-0.2, -0.15) is 0 Å². The minimum Gasteiger partial charge on any atom is -0.496 e. The molecule has 0 heterocycles. The van der Waals surface area contributed by atoms with Crippen LogP contribution in [0.1, 0.15) is 102 Å². The van der Waals surface area contributed by atoms with Gasteiger partial charge in [0.25, 0.3) is 0 Å². The molecule has 238 valence electrons. The van der Waals surface area contributed by atoms with Gasteiger partial charge in [-0.1, -0.05) is 88.1 Å². The summed E-state index contributed by atoms with van der Waals surface area (Å²) in [5.74, 6) is 1.90. The molecule has 4 N–H and O–H groups in total. The van der Waals surface area contributed by atoms with E-state index < -0.39 is 0 Å². The molecule has 6 nitrogen and oxygen atoms in total. The van der Waals surface area contributed by atoms with Crippen LogP contribution in [0.15, 0.2) is 48.5 Å². The number of nitrogens with one attached hydrogen (secondary N) is 4. The second-order valence-electron chi connectivity index (χ2n) is 11.4. The van der Waals surface area contributed by atoms with Gasteiger partial charge in [-0.25, -0.2) is 0 Å². The fourth-order valence-corrected chi connectivity index (χ4v) is 5.30. The summed E-state index contributed by atoms with van der Waals surface area (Å²) in [6, 6.07) is 16.4. The summed E-state index contributed by atoms with van der Waals surface area (Å²) in [6.45, 7) is 7.68. The van der Waals surface area contributed by atoms with Gasteiger partial charge in [0.05, 0.1) is 19.9 Å². The van der Waals surface area contributed by atoms with Crippen LogP contribution in [0.4, 0.5) is 5.69 Å². The molecule has 0 amide bonds. The third kappa shape index (κ3) is 18.3. The molecule has 0 saturated heterocycles. The van der Waals surface area contributed by atoms with Crippen LogP contribution in [-0.4, -0.2) is 53.5 Å². The lowest BCUT2D eigenvalue weighted by atomic mass is 10.1. The highest BCUT2D eigenvalue weighted by Crippen LogP contribution is 2.23. The minimum absolute atomic E-state index is 0.884. The van der Waals surface area contributed by atoms with Gasteiger partial charge in [0.2, 0.25) is 0 Å². The smallest absolute Gasteiger partial charge is 0.141 e. The molecule has 0 aromatic heterocycles. The summed E-state index contributed by atoms with van der Waals surface area (Å²) in [5.41, 5.74) is 2.33. The molecule has 0 fully saturated rings. The van der Waals surface area contributed by atoms with Crippen LogP contribution in [0.2, 0.25) is 0 Å². The molecule has 2 aromatic rings. The number of hydrogen-bond acceptors (Lipinski definition) is 6. The molecule has 0 aliphatic heterocycles. The Balaban J connectivity index is 1.21. The molecule has 6 heteroatoms. The predicted octanol–water partition coefficient (Wildman–Crippen LogP) is 7.94. The van der Waals surface area contributed by atoms with E-state index in [-0.39, 0.29) is 0 Å². The summed E-state index contributed by atoms with van der Waals surface area (Å²) in [6.07, 6.45) is 19.8. The Morgan fingerprint density at radius 2 is 0.833 bits per heavy atom. The Kier molecular flexibility index (Phi) is 22.5. The van der Waals surface area contributed by atoms with E-state index in [1.807, 2.05) is 30.3 Å². The van der Waals surface area contributed by atoms with Crippen LogP contribution in [0.25, 0.3) is 0 Å². The highest BCUT2D eigenvalue weighted by Gasteiger charge is 2.01. The van der Waals surface area contributed by atoms with Crippen molar-refractivity contribution in [2.24, 2.45) is 0 Å². The van der Waals surface area contributed by atoms with Crippen molar-refractivity contribution in [2.75, 3.05) is 58.8 Å². The SMILES string of the molecule is COc1ccccc1CNCCCCCCNCCCCCCCCNCCCCCCCNc1ccccc1OC. The maximum atomic E-state index is 5.41. The van der Waals surface area contributed by atoms with Crippen LogP contribution in [0.3, 0.4) is 0 Å². The average molecular weight is 583 g/mol. The lowest BCUT2D eigenvalue weighted by Gasteiger charge is -2.10. The number of para-hydroxylation sites is 3. The predicted molar refractivity (Wildman–Crippen MR) is 181 cm³/mol. The summed E-state index contributed by atoms with van der Waals surface area (Å²) in [7, 11) is 3.47. The van der Waals surface area contributed by atoms with Crippen LogP contribution in [0, 0.1) is 0 Å². The molecule has 0 atom stereocenters. The number of rotatable bonds is 29. The Morgan fingerprint density at radius 1 is 0.429 bits per heavy atom. The first kappa shape index (κ1) is 35.9. The van der Waals surface area contributed by atoms with Gasteiger partial charge in [0.15, 0.2) is 0 Å². The van der Waals surface area contributed by atoms with Crippen LogP contribution >= 0.6 is 0 Å². The topological polar surface area (TPSA) is 66.6 Å². The van der Waals surface area contributed by atoms with Crippen molar-refractivity contribution in [2.45, 2.75) is 103 Å². The van der Waals surface area contributed by atoms with Gasteiger partial charge in [-0.15, -0.1) is 0 Å². The molecule has 2 rings (SSSR count). The maximum Gasteiger partial charge on any atom is 0.141 e. The molecule has 0 spiro atoms. The molecule has 0 saturated carbocycles. The number of benzene rings is 2. The van der Waals surface area contributed by atoms with E-state index in [0.29, 0.717) is 0 Å². The zero-order chi connectivity index (χ0) is 29.8. The summed E-state index contributed by atoms with van der Waals surface area (Å²) < 4.78 is 10.8. The summed E-state index contributed by atoms with van der Waals surface area (Å²) in [4.78, 5) is 0. The quantitative estimate of drug-likeness (QED) is 0.0731. The van der Waals surface area contributed by atoms with Crippen molar-refractivity contribution >= 4 is 5.69 Å². The lowest BCUT2D eigenvalue weighted by Crippen LogP contribution is -2.17. The van der Waals surface area contributed by atoms with E-state index in [9.17, 15) is 0 Å². The van der Waals surface area contributed by atoms with Crippen molar-refractivity contribution in [3.63, 3.8) is 0 Å². The second-order valence-corrected chi connectivity index (χ2v) is 11.4. The number of hydrogen-bond donors (Lipinski definition) is 4. The van der Waals surface area contributed by atoms with Gasteiger partial charge in [0, 0.05) is 18.7 Å². The summed E-state index contributed by atoms with van der Waals surface area (Å²) >= 11 is 0. The number of anilines is 1. The monoisotopic (exact) mass is 582 g/mol. The molecular formula is C36H62N4O2. The zero-order valence-corrected chi connectivity index (χ0v) is 27.0. The normalized spacial score (nSPS) is 11.1. The largest absolute Gasteiger partial charge is 0.496 e. The third-order valence-corrected chi connectivity index (χ3v) is 7.87. The second kappa shape index (κ2) is 26.4. The molecule has 0 unspecified atom stereocenters. The fourth-order valence-electron chi connectivity index (χ4n) is 5.30. The number of ether oxygens (including phenoxy) is 2. The van der Waals surface area contributed by atoms with Crippen LogP contribution < -0.4 is 30.7 Å². The molecule has 0 radical (unpaired) electrons. The Labute approximate surface area is 258 Å². The fraction of sp³-hybridized carbons (Fsp3) is 0.667.